The molecule has 20 heavy (non-hydrogen) atoms. The van der Waals surface area contributed by atoms with Crippen LogP contribution in [0.2, 0.25) is 0 Å². The van der Waals surface area contributed by atoms with E-state index in [9.17, 15) is 0 Å². The van der Waals surface area contributed by atoms with Crippen LogP contribution in [-0.4, -0.2) is 9.78 Å². The molecule has 2 aromatic heterocycles. The minimum atomic E-state index is 0.752. The van der Waals surface area contributed by atoms with Crippen LogP contribution in [0.4, 0.5) is 5.69 Å². The number of para-hydroxylation sites is 1. The van der Waals surface area contributed by atoms with E-state index in [0.29, 0.717) is 0 Å². The van der Waals surface area contributed by atoms with Gasteiger partial charge in [-0.15, -0.1) is 0 Å². The van der Waals surface area contributed by atoms with Gasteiger partial charge in [0.2, 0.25) is 0 Å². The van der Waals surface area contributed by atoms with Gasteiger partial charge in [-0.3, -0.25) is 4.68 Å². The summed E-state index contributed by atoms with van der Waals surface area (Å²) < 4.78 is 7.64. The van der Waals surface area contributed by atoms with Crippen molar-refractivity contribution in [1.29, 1.82) is 0 Å². The Labute approximate surface area is 118 Å². The molecule has 0 spiro atoms. The van der Waals surface area contributed by atoms with Crippen LogP contribution in [-0.2, 0) is 20.0 Å². The first-order chi connectivity index (χ1) is 9.69. The van der Waals surface area contributed by atoms with Gasteiger partial charge in [0.1, 0.15) is 11.3 Å². The lowest BCUT2D eigenvalue weighted by atomic mass is 10.1. The number of rotatable bonds is 4. The number of aromatic nitrogens is 2. The number of hydrogen-bond donors (Lipinski definition) is 1. The molecule has 0 bridgehead atoms. The van der Waals surface area contributed by atoms with Crippen LogP contribution in [0.1, 0.15) is 23.9 Å². The maximum Gasteiger partial charge on any atom is 0.134 e. The van der Waals surface area contributed by atoms with Gasteiger partial charge >= 0.3 is 0 Å². The molecule has 104 valence electrons. The van der Waals surface area contributed by atoms with E-state index in [1.54, 1.807) is 0 Å². The molecule has 0 fully saturated rings. The van der Waals surface area contributed by atoms with Crippen molar-refractivity contribution in [3.8, 4) is 0 Å². The molecule has 0 radical (unpaired) electrons. The number of furan rings is 1. The van der Waals surface area contributed by atoms with Gasteiger partial charge in [0.05, 0.1) is 11.4 Å². The van der Waals surface area contributed by atoms with Gasteiger partial charge in [-0.2, -0.15) is 5.10 Å². The molecular weight excluding hydrogens is 250 g/mol. The summed E-state index contributed by atoms with van der Waals surface area (Å²) in [6.07, 6.45) is 2.95. The summed E-state index contributed by atoms with van der Waals surface area (Å²) in [6, 6.07) is 8.15. The van der Waals surface area contributed by atoms with Crippen LogP contribution >= 0.6 is 0 Å². The van der Waals surface area contributed by atoms with Crippen LogP contribution in [0.3, 0.4) is 0 Å². The summed E-state index contributed by atoms with van der Waals surface area (Å²) in [5.74, 6) is 0.973. The highest BCUT2D eigenvalue weighted by Gasteiger charge is 2.11. The lowest BCUT2D eigenvalue weighted by molar-refractivity contribution is 0.573. The number of aryl methyl sites for hydroxylation is 3. The van der Waals surface area contributed by atoms with E-state index in [1.165, 1.54) is 10.9 Å². The number of nitrogens with one attached hydrogen (secondary N) is 1. The van der Waals surface area contributed by atoms with Crippen molar-refractivity contribution in [2.75, 3.05) is 5.32 Å². The van der Waals surface area contributed by atoms with Crippen LogP contribution in [0, 0.1) is 6.92 Å². The Kier molecular flexibility index (Phi) is 3.22. The molecule has 0 amide bonds. The molecule has 0 saturated heterocycles. The lowest BCUT2D eigenvalue weighted by Crippen LogP contribution is -2.01. The fourth-order valence-corrected chi connectivity index (χ4v) is 2.57. The molecule has 0 aliphatic carbocycles. The molecule has 0 saturated carbocycles. The van der Waals surface area contributed by atoms with Gasteiger partial charge in [0.25, 0.3) is 0 Å². The fourth-order valence-electron chi connectivity index (χ4n) is 2.57. The Hall–Kier alpha value is -2.23. The third-order valence-electron chi connectivity index (χ3n) is 3.60. The van der Waals surface area contributed by atoms with Gasteiger partial charge in [-0.1, -0.05) is 25.1 Å². The van der Waals surface area contributed by atoms with Crippen molar-refractivity contribution in [1.82, 2.24) is 9.78 Å². The average molecular weight is 269 g/mol. The van der Waals surface area contributed by atoms with E-state index in [2.05, 4.69) is 23.4 Å². The van der Waals surface area contributed by atoms with E-state index in [1.807, 2.05) is 43.0 Å². The van der Waals surface area contributed by atoms with E-state index >= 15 is 0 Å². The standard InChI is InChI=1S/C16H19N3O/c1-4-14-15(10-19(3)18-14)17-9-13-11(2)20-16-8-6-5-7-12(13)16/h5-8,10,17H,4,9H2,1-3H3. The largest absolute Gasteiger partial charge is 0.461 e. The predicted molar refractivity (Wildman–Crippen MR) is 80.9 cm³/mol. The Balaban J connectivity index is 1.88. The van der Waals surface area contributed by atoms with Gasteiger partial charge in [0.15, 0.2) is 0 Å². The second-order valence-corrected chi connectivity index (χ2v) is 5.00. The van der Waals surface area contributed by atoms with Crippen molar-refractivity contribution in [2.24, 2.45) is 7.05 Å². The molecule has 0 atom stereocenters. The number of anilines is 1. The zero-order valence-electron chi connectivity index (χ0n) is 12.1. The topological polar surface area (TPSA) is 43.0 Å². The van der Waals surface area contributed by atoms with Crippen LogP contribution in [0.15, 0.2) is 34.9 Å². The second kappa shape index (κ2) is 5.04. The highest BCUT2D eigenvalue weighted by Crippen LogP contribution is 2.26. The van der Waals surface area contributed by atoms with Gasteiger partial charge < -0.3 is 9.73 Å². The van der Waals surface area contributed by atoms with Crippen molar-refractivity contribution in [3.05, 3.63) is 47.5 Å². The highest BCUT2D eigenvalue weighted by molar-refractivity contribution is 5.82. The molecule has 4 nitrogen and oxygen atoms in total. The summed E-state index contributed by atoms with van der Waals surface area (Å²) in [5, 5.41) is 9.10. The highest BCUT2D eigenvalue weighted by atomic mass is 16.3. The third-order valence-corrected chi connectivity index (χ3v) is 3.60. The fraction of sp³-hybridized carbons (Fsp3) is 0.312. The molecule has 1 N–H and O–H groups in total. The minimum absolute atomic E-state index is 0.752. The summed E-state index contributed by atoms with van der Waals surface area (Å²) in [7, 11) is 1.95. The number of fused-ring (bicyclic) bond motifs is 1. The number of benzene rings is 1. The maximum absolute atomic E-state index is 5.79. The Morgan fingerprint density at radius 3 is 2.90 bits per heavy atom. The first-order valence-electron chi connectivity index (χ1n) is 6.92. The summed E-state index contributed by atoms with van der Waals surface area (Å²) in [5.41, 5.74) is 4.35. The van der Waals surface area contributed by atoms with E-state index in [4.69, 9.17) is 4.42 Å². The van der Waals surface area contributed by atoms with Crippen LogP contribution < -0.4 is 5.32 Å². The van der Waals surface area contributed by atoms with Gasteiger partial charge in [-0.25, -0.2) is 0 Å². The maximum atomic E-state index is 5.79. The summed E-state index contributed by atoms with van der Waals surface area (Å²) in [6.45, 7) is 4.88. The molecule has 1 aromatic carbocycles. The lowest BCUT2D eigenvalue weighted by Gasteiger charge is -2.05. The number of nitrogens with zero attached hydrogens (tertiary/aromatic N) is 2. The summed E-state index contributed by atoms with van der Waals surface area (Å²) >= 11 is 0. The third kappa shape index (κ3) is 2.18. The predicted octanol–water partition coefficient (Wildman–Crippen LogP) is 3.65. The molecule has 3 rings (SSSR count). The van der Waals surface area contributed by atoms with Gasteiger partial charge in [0, 0.05) is 30.7 Å². The zero-order chi connectivity index (χ0) is 14.1. The molecule has 3 aromatic rings. The van der Waals surface area contributed by atoms with Crippen molar-refractivity contribution in [2.45, 2.75) is 26.8 Å². The number of hydrogen-bond acceptors (Lipinski definition) is 3. The van der Waals surface area contributed by atoms with Crippen LogP contribution in [0.5, 0.6) is 0 Å². The first-order valence-corrected chi connectivity index (χ1v) is 6.92. The summed E-state index contributed by atoms with van der Waals surface area (Å²) in [4.78, 5) is 0. The molecule has 2 heterocycles. The molecular formula is C16H19N3O. The Bertz CT molecular complexity index is 739. The quantitative estimate of drug-likeness (QED) is 0.786. The molecule has 0 unspecified atom stereocenters. The monoisotopic (exact) mass is 269 g/mol. The molecule has 0 aliphatic rings. The second-order valence-electron chi connectivity index (χ2n) is 5.00. The van der Waals surface area contributed by atoms with E-state index in [-0.39, 0.29) is 0 Å². The minimum Gasteiger partial charge on any atom is -0.461 e. The Morgan fingerprint density at radius 2 is 2.10 bits per heavy atom. The van der Waals surface area contributed by atoms with Crippen molar-refractivity contribution < 1.29 is 4.42 Å². The van der Waals surface area contributed by atoms with Crippen LogP contribution in [0.25, 0.3) is 11.0 Å². The SMILES string of the molecule is CCc1nn(C)cc1NCc1c(C)oc2ccccc12. The first kappa shape index (κ1) is 12.8. The molecule has 4 heteroatoms. The Morgan fingerprint density at radius 1 is 1.30 bits per heavy atom. The average Bonchev–Trinajstić information content (AvgIpc) is 2.95. The smallest absolute Gasteiger partial charge is 0.134 e. The van der Waals surface area contributed by atoms with Gasteiger partial charge in [-0.05, 0) is 19.4 Å². The molecule has 0 aliphatic heterocycles. The van der Waals surface area contributed by atoms with Crippen molar-refractivity contribution >= 4 is 16.7 Å². The normalized spacial score (nSPS) is 11.2. The van der Waals surface area contributed by atoms with E-state index in [0.717, 1.165) is 35.7 Å². The zero-order valence-corrected chi connectivity index (χ0v) is 12.1. The van der Waals surface area contributed by atoms with E-state index < -0.39 is 0 Å². The van der Waals surface area contributed by atoms with Crippen molar-refractivity contribution in [3.63, 3.8) is 0 Å².